The van der Waals surface area contributed by atoms with Crippen molar-refractivity contribution < 1.29 is 0 Å². The number of nitrogens with one attached hydrogen (secondary N) is 1. The minimum absolute atomic E-state index is 0.0817. The second-order valence-corrected chi connectivity index (χ2v) is 8.34. The first-order chi connectivity index (χ1) is 9.36. The molecule has 0 radical (unpaired) electrons. The lowest BCUT2D eigenvalue weighted by molar-refractivity contribution is 0.362. The van der Waals surface area contributed by atoms with Crippen molar-refractivity contribution in [3.05, 3.63) is 11.9 Å². The molecule has 20 heavy (non-hydrogen) atoms. The van der Waals surface area contributed by atoms with Crippen molar-refractivity contribution in [1.29, 1.82) is 0 Å². The van der Waals surface area contributed by atoms with Crippen LogP contribution in [0.4, 0.5) is 5.13 Å². The highest BCUT2D eigenvalue weighted by molar-refractivity contribution is 7.20. The molecule has 0 spiro atoms. The molecule has 110 valence electrons. The maximum Gasteiger partial charge on any atom is 0.214 e. The van der Waals surface area contributed by atoms with E-state index in [9.17, 15) is 0 Å². The van der Waals surface area contributed by atoms with E-state index in [0.29, 0.717) is 5.41 Å². The van der Waals surface area contributed by atoms with Gasteiger partial charge in [0.15, 0.2) is 0 Å². The molecular weight excluding hydrogens is 268 g/mol. The van der Waals surface area contributed by atoms with Gasteiger partial charge in [-0.25, -0.2) is 9.50 Å². The Labute approximate surface area is 124 Å². The summed E-state index contributed by atoms with van der Waals surface area (Å²) in [4.78, 5) is 5.66. The second kappa shape index (κ2) is 4.72. The third-order valence-corrected chi connectivity index (χ3v) is 5.17. The number of nitrogens with zero attached hydrogens (tertiary/aromatic N) is 3. The first-order valence-corrected chi connectivity index (χ1v) is 8.28. The van der Waals surface area contributed by atoms with Gasteiger partial charge in [0.2, 0.25) is 10.1 Å². The molecule has 0 aromatic carbocycles. The lowest BCUT2D eigenvalue weighted by Gasteiger charge is -2.23. The molecule has 1 aliphatic carbocycles. The first-order valence-electron chi connectivity index (χ1n) is 7.46. The molecule has 1 aliphatic rings. The van der Waals surface area contributed by atoms with Crippen molar-refractivity contribution in [2.75, 3.05) is 11.9 Å². The molecule has 0 amide bonds. The molecule has 2 heterocycles. The van der Waals surface area contributed by atoms with E-state index >= 15 is 0 Å². The number of anilines is 1. The highest BCUT2D eigenvalue weighted by Gasteiger charge is 2.28. The third kappa shape index (κ3) is 2.68. The summed E-state index contributed by atoms with van der Waals surface area (Å²) in [5, 5.41) is 9.10. The molecule has 0 aliphatic heterocycles. The number of imidazole rings is 1. The van der Waals surface area contributed by atoms with Crippen molar-refractivity contribution in [3.63, 3.8) is 0 Å². The maximum absolute atomic E-state index is 4.68. The van der Waals surface area contributed by atoms with Gasteiger partial charge in [0.05, 0.1) is 11.9 Å². The van der Waals surface area contributed by atoms with Gasteiger partial charge in [0, 0.05) is 12.0 Å². The van der Waals surface area contributed by atoms with Gasteiger partial charge in [0.1, 0.15) is 0 Å². The number of rotatable bonds is 3. The van der Waals surface area contributed by atoms with Gasteiger partial charge in [-0.3, -0.25) is 0 Å². The van der Waals surface area contributed by atoms with Crippen LogP contribution in [0.1, 0.15) is 59.1 Å². The maximum atomic E-state index is 4.68. The summed E-state index contributed by atoms with van der Waals surface area (Å²) in [5.41, 5.74) is 1.63. The smallest absolute Gasteiger partial charge is 0.214 e. The molecule has 2 aromatic rings. The summed E-state index contributed by atoms with van der Waals surface area (Å²) < 4.78 is 1.91. The van der Waals surface area contributed by atoms with Crippen LogP contribution in [0, 0.1) is 5.41 Å². The zero-order valence-corrected chi connectivity index (χ0v) is 13.7. The quantitative estimate of drug-likeness (QED) is 0.927. The van der Waals surface area contributed by atoms with E-state index in [0.717, 1.165) is 22.3 Å². The molecule has 1 fully saturated rings. The highest BCUT2D eigenvalue weighted by atomic mass is 32.1. The van der Waals surface area contributed by atoms with Crippen molar-refractivity contribution in [3.8, 4) is 0 Å². The van der Waals surface area contributed by atoms with Crippen LogP contribution in [-0.2, 0) is 5.41 Å². The summed E-state index contributed by atoms with van der Waals surface area (Å²) >= 11 is 1.65. The van der Waals surface area contributed by atoms with Crippen LogP contribution in [0.5, 0.6) is 0 Å². The molecule has 4 nitrogen and oxygen atoms in total. The molecule has 5 heteroatoms. The van der Waals surface area contributed by atoms with Crippen LogP contribution >= 0.6 is 11.3 Å². The fourth-order valence-corrected chi connectivity index (χ4v) is 3.60. The van der Waals surface area contributed by atoms with Crippen molar-refractivity contribution >= 4 is 21.4 Å². The summed E-state index contributed by atoms with van der Waals surface area (Å²) in [6.07, 6.45) is 7.45. The Bertz CT molecular complexity index is 567. The summed E-state index contributed by atoms with van der Waals surface area (Å²) in [5.74, 6) is 0. The Morgan fingerprint density at radius 3 is 2.65 bits per heavy atom. The fourth-order valence-electron chi connectivity index (χ4n) is 2.83. The molecule has 2 aromatic heterocycles. The van der Waals surface area contributed by atoms with Crippen LogP contribution in [0.25, 0.3) is 4.96 Å². The Hall–Kier alpha value is -1.10. The number of fused-ring (bicyclic) bond motifs is 1. The van der Waals surface area contributed by atoms with Gasteiger partial charge in [-0.1, -0.05) is 51.9 Å². The highest BCUT2D eigenvalue weighted by Crippen LogP contribution is 2.37. The number of hydrogen-bond donors (Lipinski definition) is 1. The van der Waals surface area contributed by atoms with Gasteiger partial charge in [0.25, 0.3) is 0 Å². The Morgan fingerprint density at radius 1 is 1.35 bits per heavy atom. The predicted molar refractivity (Wildman–Crippen MR) is 84.6 cm³/mol. The Morgan fingerprint density at radius 2 is 2.05 bits per heavy atom. The van der Waals surface area contributed by atoms with Crippen LogP contribution in [0.15, 0.2) is 6.20 Å². The van der Waals surface area contributed by atoms with Gasteiger partial charge in [-0.15, -0.1) is 5.10 Å². The summed E-state index contributed by atoms with van der Waals surface area (Å²) in [6, 6.07) is 0. The summed E-state index contributed by atoms with van der Waals surface area (Å²) in [7, 11) is 0. The van der Waals surface area contributed by atoms with Gasteiger partial charge in [-0.05, 0) is 18.3 Å². The van der Waals surface area contributed by atoms with Crippen molar-refractivity contribution in [1.82, 2.24) is 14.6 Å². The van der Waals surface area contributed by atoms with Crippen LogP contribution in [-0.4, -0.2) is 21.1 Å². The van der Waals surface area contributed by atoms with E-state index in [-0.39, 0.29) is 5.41 Å². The van der Waals surface area contributed by atoms with E-state index in [2.05, 4.69) is 43.1 Å². The normalized spacial score (nSPS) is 18.8. The molecule has 0 bridgehead atoms. The molecule has 1 saturated carbocycles. The molecule has 0 unspecified atom stereocenters. The second-order valence-electron chi connectivity index (χ2n) is 7.38. The molecular formula is C15H24N4S. The van der Waals surface area contributed by atoms with E-state index < -0.39 is 0 Å². The Kier molecular flexibility index (Phi) is 3.27. The van der Waals surface area contributed by atoms with E-state index in [1.54, 1.807) is 11.3 Å². The minimum Gasteiger partial charge on any atom is -0.360 e. The zero-order valence-electron chi connectivity index (χ0n) is 12.9. The third-order valence-electron chi connectivity index (χ3n) is 4.29. The first kappa shape index (κ1) is 13.9. The SMILES string of the molecule is CC1(CNc2nn3cc(C(C)(C)C)nc3s2)CCCC1. The fraction of sp³-hybridized carbons (Fsp3) is 0.733. The van der Waals surface area contributed by atoms with E-state index in [1.165, 1.54) is 25.7 Å². The number of aromatic nitrogens is 3. The van der Waals surface area contributed by atoms with Crippen LogP contribution < -0.4 is 5.32 Å². The monoisotopic (exact) mass is 292 g/mol. The lowest BCUT2D eigenvalue weighted by Crippen LogP contribution is -2.22. The van der Waals surface area contributed by atoms with Crippen molar-refractivity contribution in [2.45, 2.75) is 58.8 Å². The van der Waals surface area contributed by atoms with E-state index in [1.807, 2.05) is 10.7 Å². The zero-order chi connectivity index (χ0) is 14.4. The largest absolute Gasteiger partial charge is 0.360 e. The molecule has 0 atom stereocenters. The van der Waals surface area contributed by atoms with Gasteiger partial charge in [-0.2, -0.15) is 0 Å². The van der Waals surface area contributed by atoms with Crippen LogP contribution in [0.3, 0.4) is 0 Å². The molecule has 0 saturated heterocycles. The lowest BCUT2D eigenvalue weighted by atomic mass is 9.89. The molecule has 1 N–H and O–H groups in total. The van der Waals surface area contributed by atoms with Crippen LogP contribution in [0.2, 0.25) is 0 Å². The Balaban J connectivity index is 1.72. The average Bonchev–Trinajstić information content (AvgIpc) is 2.99. The molecule has 3 rings (SSSR count). The van der Waals surface area contributed by atoms with Gasteiger partial charge < -0.3 is 5.32 Å². The minimum atomic E-state index is 0.0817. The predicted octanol–water partition coefficient (Wildman–Crippen LogP) is 4.08. The number of hydrogen-bond acceptors (Lipinski definition) is 4. The standard InChI is InChI=1S/C15H24N4S/c1-14(2,3)11-9-19-13(17-11)20-12(18-19)16-10-15(4)7-5-6-8-15/h9H,5-8,10H2,1-4H3,(H,16,18). The van der Waals surface area contributed by atoms with Gasteiger partial charge >= 0.3 is 0 Å². The topological polar surface area (TPSA) is 42.2 Å². The summed E-state index contributed by atoms with van der Waals surface area (Å²) in [6.45, 7) is 9.94. The van der Waals surface area contributed by atoms with E-state index in [4.69, 9.17) is 0 Å². The average molecular weight is 292 g/mol. The van der Waals surface area contributed by atoms with Crippen molar-refractivity contribution in [2.24, 2.45) is 5.41 Å².